The third-order valence-electron chi connectivity index (χ3n) is 10.1. The number of nitrogens with zero attached hydrogens (tertiary/aromatic N) is 3. The van der Waals surface area contributed by atoms with Gasteiger partial charge in [-0.25, -0.2) is 4.85 Å². The van der Waals surface area contributed by atoms with Crippen molar-refractivity contribution < 1.29 is 4.42 Å². The maximum Gasteiger partial charge on any atom is 0.188 e. The first-order chi connectivity index (χ1) is 24.2. The Morgan fingerprint density at radius 2 is 1.16 bits per heavy atom. The van der Waals surface area contributed by atoms with Crippen LogP contribution in [-0.4, -0.2) is 4.57 Å². The van der Waals surface area contributed by atoms with Crippen molar-refractivity contribution in [2.75, 3.05) is 4.90 Å². The molecular weight excluding hydrogens is 599 g/mol. The smallest absolute Gasteiger partial charge is 0.188 e. The highest BCUT2D eigenvalue weighted by Gasteiger charge is 2.22. The molecule has 0 fully saturated rings. The van der Waals surface area contributed by atoms with Crippen molar-refractivity contribution in [3.05, 3.63) is 174 Å². The van der Waals surface area contributed by atoms with Gasteiger partial charge in [-0.2, -0.15) is 0 Å². The van der Waals surface area contributed by atoms with Crippen LogP contribution in [0.1, 0.15) is 11.1 Å². The van der Waals surface area contributed by atoms with Crippen LogP contribution < -0.4 is 4.90 Å². The number of hydrogen-bond donors (Lipinski definition) is 0. The quantitative estimate of drug-likeness (QED) is 0.182. The summed E-state index contributed by atoms with van der Waals surface area (Å²) in [6, 6.07) is 53.9. The molecule has 49 heavy (non-hydrogen) atoms. The Balaban J connectivity index is 1.19. The molecule has 0 saturated heterocycles. The normalized spacial score (nSPS) is 12.7. The SMILES string of the molecule is [C-]#[N+]c1ccc2c(c1)c1ccccc1n2-c1ccc2c(c1)-c1cc(-c3ccc4oc5ccccc5c4c3)ccc1CN(c1ccccc1)C2. The van der Waals surface area contributed by atoms with Gasteiger partial charge in [0.05, 0.1) is 17.6 Å². The first-order valence-corrected chi connectivity index (χ1v) is 16.6. The lowest BCUT2D eigenvalue weighted by Crippen LogP contribution is -2.20. The van der Waals surface area contributed by atoms with Crippen LogP contribution in [0.2, 0.25) is 0 Å². The van der Waals surface area contributed by atoms with E-state index in [0.717, 1.165) is 62.5 Å². The summed E-state index contributed by atoms with van der Waals surface area (Å²) in [6.45, 7) is 9.24. The van der Waals surface area contributed by atoms with E-state index in [-0.39, 0.29) is 0 Å². The lowest BCUT2D eigenvalue weighted by molar-refractivity contribution is 0.669. The van der Waals surface area contributed by atoms with Gasteiger partial charge in [-0.1, -0.05) is 84.9 Å². The molecule has 0 N–H and O–H groups in total. The van der Waals surface area contributed by atoms with Gasteiger partial charge >= 0.3 is 0 Å². The summed E-state index contributed by atoms with van der Waals surface area (Å²) in [5.74, 6) is 0. The van der Waals surface area contributed by atoms with Gasteiger partial charge in [-0.15, -0.1) is 0 Å². The minimum Gasteiger partial charge on any atom is -0.456 e. The molecule has 2 aromatic heterocycles. The second-order valence-electron chi connectivity index (χ2n) is 12.9. The van der Waals surface area contributed by atoms with Gasteiger partial charge in [0.1, 0.15) is 11.2 Å². The summed E-state index contributed by atoms with van der Waals surface area (Å²) < 4.78 is 8.50. The number of aromatic nitrogens is 1. The van der Waals surface area contributed by atoms with Crippen LogP contribution in [0, 0.1) is 6.57 Å². The van der Waals surface area contributed by atoms with Gasteiger partial charge in [0.2, 0.25) is 0 Å². The van der Waals surface area contributed by atoms with Crippen LogP contribution in [0.25, 0.3) is 76.5 Å². The van der Waals surface area contributed by atoms with Gasteiger partial charge in [0, 0.05) is 40.6 Å². The number of fused-ring (bicyclic) bond motifs is 9. The number of hydrogen-bond acceptors (Lipinski definition) is 2. The first kappa shape index (κ1) is 27.5. The average molecular weight is 628 g/mol. The third kappa shape index (κ3) is 4.37. The highest BCUT2D eigenvalue weighted by molar-refractivity contribution is 6.10. The van der Waals surface area contributed by atoms with E-state index >= 15 is 0 Å². The second-order valence-corrected chi connectivity index (χ2v) is 12.9. The van der Waals surface area contributed by atoms with Crippen molar-refractivity contribution in [1.82, 2.24) is 4.57 Å². The molecule has 0 unspecified atom stereocenters. The summed E-state index contributed by atoms with van der Waals surface area (Å²) in [5, 5.41) is 4.52. The standard InChI is InChI=1S/C45H29N3O/c1-46-33-19-21-43-40(25-33)36-11-5-7-13-42(36)48(43)35-20-17-32-28-47(34-9-3-2-4-10-34)27-31-16-15-29(23-38(31)39(32)26-35)30-18-22-45-41(24-30)37-12-6-8-14-44(37)49-45/h2-26H,27-28H2. The summed E-state index contributed by atoms with van der Waals surface area (Å²) in [5.41, 5.74) is 14.4. The molecule has 10 rings (SSSR count). The predicted molar refractivity (Wildman–Crippen MR) is 202 cm³/mol. The van der Waals surface area contributed by atoms with E-state index < -0.39 is 0 Å². The van der Waals surface area contributed by atoms with Crippen molar-refractivity contribution in [3.8, 4) is 27.9 Å². The van der Waals surface area contributed by atoms with Gasteiger partial charge in [-0.3, -0.25) is 0 Å². The number of furan rings is 1. The van der Waals surface area contributed by atoms with Gasteiger partial charge in [0.15, 0.2) is 5.69 Å². The zero-order chi connectivity index (χ0) is 32.5. The van der Waals surface area contributed by atoms with E-state index in [1.54, 1.807) is 0 Å². The first-order valence-electron chi connectivity index (χ1n) is 16.6. The molecule has 230 valence electrons. The summed E-state index contributed by atoms with van der Waals surface area (Å²) in [6.07, 6.45) is 0. The van der Waals surface area contributed by atoms with E-state index in [9.17, 15) is 0 Å². The van der Waals surface area contributed by atoms with Crippen LogP contribution >= 0.6 is 0 Å². The van der Waals surface area contributed by atoms with Crippen LogP contribution in [0.4, 0.5) is 11.4 Å². The Hall–Kier alpha value is -6.57. The molecule has 0 saturated carbocycles. The Kier molecular flexibility index (Phi) is 6.03. The molecular formula is C45H29N3O. The zero-order valence-corrected chi connectivity index (χ0v) is 26.6. The van der Waals surface area contributed by atoms with Crippen LogP contribution in [0.15, 0.2) is 156 Å². The van der Waals surface area contributed by atoms with Crippen LogP contribution in [-0.2, 0) is 13.1 Å². The van der Waals surface area contributed by atoms with Crippen LogP contribution in [0.5, 0.6) is 0 Å². The second kappa shape index (κ2) is 10.7. The number of anilines is 1. The molecule has 0 radical (unpaired) electrons. The molecule has 0 spiro atoms. The van der Waals surface area contributed by atoms with Crippen molar-refractivity contribution >= 4 is 55.1 Å². The minimum atomic E-state index is 0.654. The molecule has 1 aliphatic rings. The van der Waals surface area contributed by atoms with E-state index in [1.807, 2.05) is 24.3 Å². The minimum absolute atomic E-state index is 0.654. The highest BCUT2D eigenvalue weighted by Crippen LogP contribution is 2.41. The monoisotopic (exact) mass is 627 g/mol. The van der Waals surface area contributed by atoms with Gasteiger partial charge < -0.3 is 13.9 Å². The van der Waals surface area contributed by atoms with Gasteiger partial charge in [-0.05, 0) is 105 Å². The molecule has 7 aromatic carbocycles. The molecule has 9 aromatic rings. The lowest BCUT2D eigenvalue weighted by Gasteiger charge is -2.24. The fourth-order valence-electron chi connectivity index (χ4n) is 7.74. The van der Waals surface area contributed by atoms with Crippen molar-refractivity contribution in [2.45, 2.75) is 13.1 Å². The average Bonchev–Trinajstić information content (AvgIpc) is 3.64. The molecule has 0 aliphatic carbocycles. The maximum absolute atomic E-state index is 7.63. The number of benzene rings is 7. The van der Waals surface area contributed by atoms with Crippen molar-refractivity contribution in [2.24, 2.45) is 0 Å². The molecule has 4 heteroatoms. The van der Waals surface area contributed by atoms with Crippen molar-refractivity contribution in [1.29, 1.82) is 0 Å². The van der Waals surface area contributed by atoms with E-state index in [0.29, 0.717) is 5.69 Å². The predicted octanol–water partition coefficient (Wildman–Crippen LogP) is 12.1. The molecule has 3 heterocycles. The largest absolute Gasteiger partial charge is 0.456 e. The fourth-order valence-corrected chi connectivity index (χ4v) is 7.74. The van der Waals surface area contributed by atoms with E-state index in [4.69, 9.17) is 11.0 Å². The number of rotatable bonds is 3. The Labute approximate surface area is 283 Å². The number of para-hydroxylation sites is 3. The summed E-state index contributed by atoms with van der Waals surface area (Å²) >= 11 is 0. The molecule has 0 bridgehead atoms. The molecule has 4 nitrogen and oxygen atoms in total. The van der Waals surface area contributed by atoms with Crippen molar-refractivity contribution in [3.63, 3.8) is 0 Å². The topological polar surface area (TPSA) is 25.7 Å². The van der Waals surface area contributed by atoms with E-state index in [2.05, 4.69) is 142 Å². The summed E-state index contributed by atoms with van der Waals surface area (Å²) in [4.78, 5) is 6.20. The Morgan fingerprint density at radius 3 is 2.02 bits per heavy atom. The summed E-state index contributed by atoms with van der Waals surface area (Å²) in [7, 11) is 0. The highest BCUT2D eigenvalue weighted by atomic mass is 16.3. The third-order valence-corrected chi connectivity index (χ3v) is 10.1. The molecule has 0 amide bonds. The van der Waals surface area contributed by atoms with Gasteiger partial charge in [0.25, 0.3) is 0 Å². The molecule has 0 atom stereocenters. The van der Waals surface area contributed by atoms with E-state index in [1.165, 1.54) is 39.1 Å². The van der Waals surface area contributed by atoms with Crippen LogP contribution in [0.3, 0.4) is 0 Å². The molecule has 1 aliphatic heterocycles. The zero-order valence-electron chi connectivity index (χ0n) is 26.6. The Bertz CT molecular complexity index is 2800. The fraction of sp³-hybridized carbons (Fsp3) is 0.0444. The Morgan fingerprint density at radius 1 is 0.490 bits per heavy atom. The maximum atomic E-state index is 7.63. The lowest BCUT2D eigenvalue weighted by atomic mass is 9.92.